The van der Waals surface area contributed by atoms with Gasteiger partial charge in [-0.3, -0.25) is 4.90 Å². The van der Waals surface area contributed by atoms with E-state index in [0.29, 0.717) is 6.04 Å². The summed E-state index contributed by atoms with van der Waals surface area (Å²) in [5.74, 6) is 1.08. The van der Waals surface area contributed by atoms with E-state index in [1.54, 1.807) is 0 Å². The molecular formula is C16H27N3. The molecule has 0 bridgehead atoms. The van der Waals surface area contributed by atoms with Crippen LogP contribution in [0, 0.1) is 6.92 Å². The number of piperidine rings is 1. The molecule has 0 amide bonds. The van der Waals surface area contributed by atoms with E-state index in [9.17, 15) is 0 Å². The predicted molar refractivity (Wildman–Crippen MR) is 81.8 cm³/mol. The summed E-state index contributed by atoms with van der Waals surface area (Å²) in [5.41, 5.74) is 2.68. The molecule has 1 aliphatic rings. The molecule has 0 radical (unpaired) electrons. The first kappa shape index (κ1) is 14.3. The van der Waals surface area contributed by atoms with Gasteiger partial charge in [-0.05, 0) is 56.5 Å². The van der Waals surface area contributed by atoms with E-state index >= 15 is 0 Å². The maximum Gasteiger partial charge on any atom is 0.130 e. The molecule has 3 nitrogen and oxygen atoms in total. The zero-order valence-electron chi connectivity index (χ0n) is 12.8. The van der Waals surface area contributed by atoms with Crippen molar-refractivity contribution < 1.29 is 0 Å². The van der Waals surface area contributed by atoms with Gasteiger partial charge in [0.05, 0.1) is 0 Å². The van der Waals surface area contributed by atoms with Gasteiger partial charge in [0.15, 0.2) is 0 Å². The summed E-state index contributed by atoms with van der Waals surface area (Å²) >= 11 is 0. The Labute approximate surface area is 117 Å². The minimum Gasteiger partial charge on any atom is -0.363 e. The number of nitrogens with zero attached hydrogens (tertiary/aromatic N) is 3. The van der Waals surface area contributed by atoms with Crippen molar-refractivity contribution in [3.05, 3.63) is 23.4 Å². The molecule has 106 valence electrons. The summed E-state index contributed by atoms with van der Waals surface area (Å²) in [6, 6.07) is 2.91. The highest BCUT2D eigenvalue weighted by Crippen LogP contribution is 2.32. The van der Waals surface area contributed by atoms with Crippen molar-refractivity contribution in [2.75, 3.05) is 32.1 Å². The Morgan fingerprint density at radius 1 is 1.37 bits per heavy atom. The molecule has 1 fully saturated rings. The number of likely N-dealkylation sites (tertiary alicyclic amines) is 1. The molecule has 1 aromatic heterocycles. The zero-order chi connectivity index (χ0) is 13.8. The SMILES string of the molecule is CCCN1CCCC[C@@H]1c1cnc(N(C)C)c(C)c1. The summed E-state index contributed by atoms with van der Waals surface area (Å²) in [7, 11) is 4.11. The number of anilines is 1. The topological polar surface area (TPSA) is 19.4 Å². The number of hydrogen-bond donors (Lipinski definition) is 0. The Balaban J connectivity index is 2.22. The van der Waals surface area contributed by atoms with Crippen molar-refractivity contribution in [2.24, 2.45) is 0 Å². The maximum atomic E-state index is 4.65. The normalized spacial score (nSPS) is 20.5. The van der Waals surface area contributed by atoms with E-state index < -0.39 is 0 Å². The standard InChI is InChI=1S/C16H27N3/c1-5-9-19-10-7-6-8-15(19)14-11-13(2)16(17-12-14)18(3)4/h11-12,15H,5-10H2,1-4H3/t15-/m1/s1. The largest absolute Gasteiger partial charge is 0.363 e. The average molecular weight is 261 g/mol. The fraction of sp³-hybridized carbons (Fsp3) is 0.688. The monoisotopic (exact) mass is 261 g/mol. The highest BCUT2D eigenvalue weighted by molar-refractivity contribution is 5.46. The lowest BCUT2D eigenvalue weighted by Gasteiger charge is -2.36. The Bertz CT molecular complexity index is 412. The quantitative estimate of drug-likeness (QED) is 0.828. The molecule has 0 N–H and O–H groups in total. The first-order valence-electron chi connectivity index (χ1n) is 7.51. The number of hydrogen-bond acceptors (Lipinski definition) is 3. The first-order chi connectivity index (χ1) is 9.13. The second-order valence-corrected chi connectivity index (χ2v) is 5.85. The van der Waals surface area contributed by atoms with Crippen LogP contribution in [0.4, 0.5) is 5.82 Å². The fourth-order valence-electron chi connectivity index (χ4n) is 3.16. The van der Waals surface area contributed by atoms with Crippen LogP contribution in [-0.2, 0) is 0 Å². The predicted octanol–water partition coefficient (Wildman–Crippen LogP) is 3.39. The van der Waals surface area contributed by atoms with Crippen LogP contribution >= 0.6 is 0 Å². The van der Waals surface area contributed by atoms with Gasteiger partial charge < -0.3 is 4.90 Å². The summed E-state index contributed by atoms with van der Waals surface area (Å²) in [6.07, 6.45) is 7.29. The lowest BCUT2D eigenvalue weighted by molar-refractivity contribution is 0.149. The number of aromatic nitrogens is 1. The smallest absolute Gasteiger partial charge is 0.130 e. The van der Waals surface area contributed by atoms with Crippen LogP contribution in [0.3, 0.4) is 0 Å². The molecule has 0 spiro atoms. The van der Waals surface area contributed by atoms with Gasteiger partial charge in [-0.1, -0.05) is 13.3 Å². The van der Waals surface area contributed by atoms with E-state index in [4.69, 9.17) is 0 Å². The third-order valence-corrected chi connectivity index (χ3v) is 4.00. The second kappa shape index (κ2) is 6.38. The average Bonchev–Trinajstić information content (AvgIpc) is 2.39. The van der Waals surface area contributed by atoms with Gasteiger partial charge in [0.2, 0.25) is 0 Å². The molecule has 0 saturated carbocycles. The van der Waals surface area contributed by atoms with E-state index in [-0.39, 0.29) is 0 Å². The number of aryl methyl sites for hydroxylation is 1. The molecule has 1 atom stereocenters. The van der Waals surface area contributed by atoms with Crippen LogP contribution in [0.2, 0.25) is 0 Å². The van der Waals surface area contributed by atoms with Crippen molar-refractivity contribution in [1.29, 1.82) is 0 Å². The number of pyridine rings is 1. The minimum atomic E-state index is 0.580. The third kappa shape index (κ3) is 3.27. The van der Waals surface area contributed by atoms with Crippen LogP contribution in [0.15, 0.2) is 12.3 Å². The third-order valence-electron chi connectivity index (χ3n) is 4.00. The fourth-order valence-corrected chi connectivity index (χ4v) is 3.16. The van der Waals surface area contributed by atoms with Gasteiger partial charge in [0, 0.05) is 26.3 Å². The molecule has 1 aromatic rings. The van der Waals surface area contributed by atoms with Gasteiger partial charge >= 0.3 is 0 Å². The Morgan fingerprint density at radius 2 is 2.16 bits per heavy atom. The van der Waals surface area contributed by atoms with Gasteiger partial charge in [-0.15, -0.1) is 0 Å². The van der Waals surface area contributed by atoms with Crippen molar-refractivity contribution in [2.45, 2.75) is 45.6 Å². The lowest BCUT2D eigenvalue weighted by Crippen LogP contribution is -2.34. The molecule has 1 saturated heterocycles. The van der Waals surface area contributed by atoms with Gasteiger partial charge in [0.1, 0.15) is 5.82 Å². The van der Waals surface area contributed by atoms with Gasteiger partial charge in [-0.2, -0.15) is 0 Å². The van der Waals surface area contributed by atoms with Crippen molar-refractivity contribution in [3.8, 4) is 0 Å². The molecule has 2 rings (SSSR count). The molecule has 0 aromatic carbocycles. The highest BCUT2D eigenvalue weighted by atomic mass is 15.2. The highest BCUT2D eigenvalue weighted by Gasteiger charge is 2.23. The molecule has 2 heterocycles. The molecule has 3 heteroatoms. The zero-order valence-corrected chi connectivity index (χ0v) is 12.8. The molecular weight excluding hydrogens is 234 g/mol. The molecule has 0 unspecified atom stereocenters. The summed E-state index contributed by atoms with van der Waals surface area (Å²) in [6.45, 7) is 6.88. The maximum absolute atomic E-state index is 4.65. The van der Waals surface area contributed by atoms with E-state index in [1.807, 2.05) is 0 Å². The Kier molecular flexibility index (Phi) is 4.81. The number of rotatable bonds is 4. The van der Waals surface area contributed by atoms with Crippen LogP contribution in [-0.4, -0.2) is 37.1 Å². The lowest BCUT2D eigenvalue weighted by atomic mass is 9.95. The van der Waals surface area contributed by atoms with Gasteiger partial charge in [-0.25, -0.2) is 4.98 Å². The van der Waals surface area contributed by atoms with Gasteiger partial charge in [0.25, 0.3) is 0 Å². The molecule has 19 heavy (non-hydrogen) atoms. The molecule has 1 aliphatic heterocycles. The van der Waals surface area contributed by atoms with Crippen molar-refractivity contribution in [3.63, 3.8) is 0 Å². The van der Waals surface area contributed by atoms with Crippen molar-refractivity contribution >= 4 is 5.82 Å². The molecule has 0 aliphatic carbocycles. The van der Waals surface area contributed by atoms with Crippen LogP contribution in [0.5, 0.6) is 0 Å². The van der Waals surface area contributed by atoms with E-state index in [1.165, 1.54) is 49.9 Å². The van der Waals surface area contributed by atoms with Crippen LogP contribution in [0.1, 0.15) is 49.8 Å². The summed E-state index contributed by atoms with van der Waals surface area (Å²) in [5, 5.41) is 0. The van der Waals surface area contributed by atoms with Crippen molar-refractivity contribution in [1.82, 2.24) is 9.88 Å². The summed E-state index contributed by atoms with van der Waals surface area (Å²) in [4.78, 5) is 9.37. The minimum absolute atomic E-state index is 0.580. The van der Waals surface area contributed by atoms with Crippen LogP contribution < -0.4 is 4.90 Å². The first-order valence-corrected chi connectivity index (χ1v) is 7.51. The second-order valence-electron chi connectivity index (χ2n) is 5.85. The Hall–Kier alpha value is -1.09. The summed E-state index contributed by atoms with van der Waals surface area (Å²) < 4.78 is 0. The van der Waals surface area contributed by atoms with E-state index in [2.05, 4.69) is 55.0 Å². The van der Waals surface area contributed by atoms with E-state index in [0.717, 1.165) is 5.82 Å². The van der Waals surface area contributed by atoms with Crippen LogP contribution in [0.25, 0.3) is 0 Å². The Morgan fingerprint density at radius 3 is 2.79 bits per heavy atom.